The van der Waals surface area contributed by atoms with Crippen molar-refractivity contribution in [3.8, 4) is 11.5 Å². The molecule has 5 rings (SSSR count). The molecule has 1 heterocycles. The Morgan fingerprint density at radius 3 is 1.38 bits per heavy atom. The summed E-state index contributed by atoms with van der Waals surface area (Å²) in [6, 6.07) is 24.8. The standard InChI is InChI=1S/C33H34O2S.2ClH.Ti/c1-32(2,3)24-12-7-10-20-15-17-22(30(34)27(20)24)29(26-14-9-19-36-26)23-18-16-21-11-8-13-25(33(4,5)6)28(21)31(23)35;;;/h7-19,29,34-35H,1-6H3;2*1H;/q;;;+2/p-2. The van der Waals surface area contributed by atoms with Crippen LogP contribution in [0.3, 0.4) is 0 Å². The van der Waals surface area contributed by atoms with Crippen LogP contribution in [0.15, 0.2) is 78.2 Å². The SMILES string of the molecule is CC(C)(C)c1cccc2ccc(C(c3cccs3)c3ccc4cccc(C(C)(C)C)c4c3O)c(O)c12.[Cl-].[Cl-].[Ti+2]. The summed E-state index contributed by atoms with van der Waals surface area (Å²) in [7, 11) is 0. The minimum Gasteiger partial charge on any atom is -1.00 e. The van der Waals surface area contributed by atoms with Crippen molar-refractivity contribution in [1.82, 2.24) is 0 Å². The Labute approximate surface area is 263 Å². The van der Waals surface area contributed by atoms with Gasteiger partial charge in [-0.1, -0.05) is 108 Å². The Balaban J connectivity index is 0.00000178. The second-order valence-corrected chi connectivity index (χ2v) is 12.7. The maximum Gasteiger partial charge on any atom is 2.00 e. The topological polar surface area (TPSA) is 40.5 Å². The molecule has 0 aliphatic carbocycles. The fourth-order valence-corrected chi connectivity index (χ4v) is 6.26. The zero-order valence-electron chi connectivity index (χ0n) is 23.1. The average Bonchev–Trinajstić information content (AvgIpc) is 3.35. The molecule has 0 bridgehead atoms. The van der Waals surface area contributed by atoms with E-state index in [4.69, 9.17) is 0 Å². The molecule has 0 saturated heterocycles. The van der Waals surface area contributed by atoms with E-state index in [1.54, 1.807) is 11.3 Å². The molecule has 2 N–H and O–H groups in total. The quantitative estimate of drug-likeness (QED) is 0.307. The molecule has 0 fully saturated rings. The van der Waals surface area contributed by atoms with Crippen LogP contribution < -0.4 is 24.8 Å². The minimum atomic E-state index is -0.292. The van der Waals surface area contributed by atoms with Gasteiger partial charge in [0.1, 0.15) is 11.5 Å². The summed E-state index contributed by atoms with van der Waals surface area (Å²) >= 11 is 1.65. The van der Waals surface area contributed by atoms with Crippen molar-refractivity contribution in [2.24, 2.45) is 0 Å². The van der Waals surface area contributed by atoms with Gasteiger partial charge in [-0.25, -0.2) is 0 Å². The number of benzene rings is 4. The number of fused-ring (bicyclic) bond motifs is 2. The Morgan fingerprint density at radius 2 is 1.03 bits per heavy atom. The van der Waals surface area contributed by atoms with Crippen molar-refractivity contribution in [3.63, 3.8) is 0 Å². The molecule has 4 aromatic carbocycles. The van der Waals surface area contributed by atoms with Crippen molar-refractivity contribution >= 4 is 32.9 Å². The van der Waals surface area contributed by atoms with E-state index >= 15 is 0 Å². The van der Waals surface area contributed by atoms with Gasteiger partial charge in [0.25, 0.3) is 0 Å². The van der Waals surface area contributed by atoms with E-state index in [0.29, 0.717) is 11.5 Å². The molecule has 0 radical (unpaired) electrons. The number of rotatable bonds is 3. The number of halogens is 2. The fourth-order valence-electron chi connectivity index (χ4n) is 5.40. The van der Waals surface area contributed by atoms with E-state index in [1.165, 1.54) is 0 Å². The third-order valence-corrected chi connectivity index (χ3v) is 8.10. The van der Waals surface area contributed by atoms with E-state index in [2.05, 4.69) is 102 Å². The molecule has 0 saturated carbocycles. The van der Waals surface area contributed by atoms with Gasteiger partial charge in [0.05, 0.1) is 5.92 Å². The van der Waals surface area contributed by atoms with Crippen molar-refractivity contribution in [3.05, 3.63) is 105 Å². The van der Waals surface area contributed by atoms with Crippen LogP contribution in [0.5, 0.6) is 11.5 Å². The van der Waals surface area contributed by atoms with Crippen LogP contribution in [0.4, 0.5) is 0 Å². The molecule has 0 aliphatic heterocycles. The second kappa shape index (κ2) is 12.2. The van der Waals surface area contributed by atoms with Crippen molar-refractivity contribution < 1.29 is 56.7 Å². The maximum atomic E-state index is 11.8. The molecular weight excluding hydrogens is 579 g/mol. The Bertz CT molecular complexity index is 1480. The van der Waals surface area contributed by atoms with Gasteiger partial charge in [-0.2, -0.15) is 0 Å². The Hall–Kier alpha value is -2.01. The Morgan fingerprint density at radius 1 is 0.590 bits per heavy atom. The van der Waals surface area contributed by atoms with Gasteiger partial charge in [-0.05, 0) is 44.2 Å². The smallest absolute Gasteiger partial charge is 1.00 e. The molecule has 202 valence electrons. The molecule has 0 aliphatic rings. The predicted molar refractivity (Wildman–Crippen MR) is 154 cm³/mol. The van der Waals surface area contributed by atoms with E-state index in [0.717, 1.165) is 48.7 Å². The first-order valence-corrected chi connectivity index (χ1v) is 13.4. The summed E-state index contributed by atoms with van der Waals surface area (Å²) < 4.78 is 0. The van der Waals surface area contributed by atoms with Crippen LogP contribution in [0.1, 0.15) is 74.6 Å². The number of phenols is 2. The number of hydrogen-bond donors (Lipinski definition) is 2. The van der Waals surface area contributed by atoms with E-state index in [-0.39, 0.29) is 63.3 Å². The number of phenolic OH excluding ortho intramolecular Hbond substituents is 2. The fraction of sp³-hybridized carbons (Fsp3) is 0.273. The van der Waals surface area contributed by atoms with Crippen LogP contribution in [0.25, 0.3) is 21.5 Å². The van der Waals surface area contributed by atoms with Crippen LogP contribution in [0.2, 0.25) is 0 Å². The van der Waals surface area contributed by atoms with Crippen LogP contribution >= 0.6 is 11.3 Å². The van der Waals surface area contributed by atoms with Gasteiger partial charge in [0, 0.05) is 26.8 Å². The van der Waals surface area contributed by atoms with Crippen molar-refractivity contribution in [1.29, 1.82) is 0 Å². The molecule has 0 atom stereocenters. The molecule has 1 aromatic heterocycles. The maximum absolute atomic E-state index is 11.8. The van der Waals surface area contributed by atoms with E-state index in [1.807, 2.05) is 18.2 Å². The van der Waals surface area contributed by atoms with E-state index < -0.39 is 0 Å². The molecule has 0 unspecified atom stereocenters. The first-order chi connectivity index (χ1) is 17.0. The van der Waals surface area contributed by atoms with Gasteiger partial charge < -0.3 is 35.0 Å². The average molecular weight is 613 g/mol. The summed E-state index contributed by atoms with van der Waals surface area (Å²) in [5.74, 6) is 0.292. The third kappa shape index (κ3) is 6.04. The van der Waals surface area contributed by atoms with E-state index in [9.17, 15) is 10.2 Å². The molecule has 6 heteroatoms. The number of aromatic hydroxyl groups is 2. The Kier molecular flexibility index (Phi) is 10.4. The molecule has 5 aromatic rings. The monoisotopic (exact) mass is 612 g/mol. The summed E-state index contributed by atoms with van der Waals surface area (Å²) in [5, 5.41) is 29.5. The van der Waals surface area contributed by atoms with Gasteiger partial charge >= 0.3 is 21.7 Å². The second-order valence-electron chi connectivity index (χ2n) is 11.8. The minimum absolute atomic E-state index is 0. The van der Waals surface area contributed by atoms with Crippen LogP contribution in [-0.2, 0) is 32.5 Å². The first kappa shape index (κ1) is 33.2. The molecule has 2 nitrogen and oxygen atoms in total. The van der Waals surface area contributed by atoms with Crippen molar-refractivity contribution in [2.75, 3.05) is 0 Å². The first-order valence-electron chi connectivity index (χ1n) is 12.5. The molecule has 0 amide bonds. The van der Waals surface area contributed by atoms with Gasteiger partial charge in [-0.15, -0.1) is 11.3 Å². The summed E-state index contributed by atoms with van der Waals surface area (Å²) in [6.07, 6.45) is 0. The van der Waals surface area contributed by atoms with Gasteiger partial charge in [-0.3, -0.25) is 0 Å². The molecular formula is C33H34Cl2O2STi. The van der Waals surface area contributed by atoms with Crippen molar-refractivity contribution in [2.45, 2.75) is 58.3 Å². The largest absolute Gasteiger partial charge is 2.00 e. The zero-order valence-corrected chi connectivity index (χ0v) is 27.0. The van der Waals surface area contributed by atoms with Crippen LogP contribution in [0, 0.1) is 0 Å². The zero-order chi connectivity index (χ0) is 25.8. The van der Waals surface area contributed by atoms with Crippen LogP contribution in [-0.4, -0.2) is 10.2 Å². The normalized spacial score (nSPS) is 11.7. The summed E-state index contributed by atoms with van der Waals surface area (Å²) in [6.45, 7) is 13.0. The predicted octanol–water partition coefficient (Wildman–Crippen LogP) is 3.25. The van der Waals surface area contributed by atoms with Gasteiger partial charge in [0.2, 0.25) is 0 Å². The number of thiophene rings is 1. The third-order valence-electron chi connectivity index (χ3n) is 7.16. The summed E-state index contributed by atoms with van der Waals surface area (Å²) in [5.41, 5.74) is 3.60. The molecule has 0 spiro atoms. The molecule has 39 heavy (non-hydrogen) atoms. The van der Waals surface area contributed by atoms with Gasteiger partial charge in [0.15, 0.2) is 0 Å². The number of hydrogen-bond acceptors (Lipinski definition) is 3. The summed E-state index contributed by atoms with van der Waals surface area (Å²) in [4.78, 5) is 1.08.